The van der Waals surface area contributed by atoms with E-state index in [0.29, 0.717) is 0 Å². The third-order valence-electron chi connectivity index (χ3n) is 16.1. The summed E-state index contributed by atoms with van der Waals surface area (Å²) in [5, 5.41) is 5.18. The Labute approximate surface area is 405 Å². The Kier molecular flexibility index (Phi) is 8.10. The monoisotopic (exact) mass is 887 g/mol. The molecule has 14 rings (SSSR count). The van der Waals surface area contributed by atoms with Crippen LogP contribution >= 0.6 is 0 Å². The van der Waals surface area contributed by atoms with Crippen LogP contribution in [0.15, 0.2) is 182 Å². The number of aromatic nitrogens is 2. The van der Waals surface area contributed by atoms with E-state index in [-0.39, 0.29) is 23.1 Å². The Morgan fingerprint density at radius 2 is 1.07 bits per heavy atom. The summed E-state index contributed by atoms with van der Waals surface area (Å²) in [4.78, 5) is 2.73. The van der Waals surface area contributed by atoms with Gasteiger partial charge in [-0.15, -0.1) is 0 Å². The van der Waals surface area contributed by atoms with Crippen molar-refractivity contribution in [3.8, 4) is 44.8 Å². The van der Waals surface area contributed by atoms with E-state index in [1.807, 2.05) is 0 Å². The van der Waals surface area contributed by atoms with E-state index in [2.05, 4.69) is 251 Å². The molecule has 0 N–H and O–H groups in total. The SMILES string of the molecule is CC(C)(C)c1ccc2c(c1)c1cc(C(C)(C)C)cc3c1n2-c1cc2c(c4c1B3N(c1ccc(-c3ccccc3)cc1)c1cc3c(cc1-4)c1ccccc1n3-c1ccccc1)C(C)(C)c1ccccc1-2. The van der Waals surface area contributed by atoms with E-state index in [9.17, 15) is 0 Å². The highest BCUT2D eigenvalue weighted by atomic mass is 15.1. The first kappa shape index (κ1) is 40.5. The number of nitrogens with zero attached hydrogens (tertiary/aromatic N) is 3. The lowest BCUT2D eigenvalue weighted by Gasteiger charge is -2.44. The highest BCUT2D eigenvalue weighted by Crippen LogP contribution is 2.57. The Morgan fingerprint density at radius 1 is 0.435 bits per heavy atom. The predicted molar refractivity (Wildman–Crippen MR) is 295 cm³/mol. The number of anilines is 2. The van der Waals surface area contributed by atoms with Gasteiger partial charge < -0.3 is 13.9 Å². The fraction of sp³-hybridized carbons (Fsp3) is 0.169. The van der Waals surface area contributed by atoms with Crippen molar-refractivity contribution in [2.75, 3.05) is 4.81 Å². The van der Waals surface area contributed by atoms with Crippen molar-refractivity contribution in [2.45, 2.75) is 71.6 Å². The zero-order chi connectivity index (χ0) is 46.9. The second-order valence-electron chi connectivity index (χ2n) is 22.6. The van der Waals surface area contributed by atoms with Crippen molar-refractivity contribution in [1.29, 1.82) is 0 Å². The lowest BCUT2D eigenvalue weighted by atomic mass is 9.43. The fourth-order valence-corrected chi connectivity index (χ4v) is 12.8. The van der Waals surface area contributed by atoms with Gasteiger partial charge in [-0.2, -0.15) is 0 Å². The third kappa shape index (κ3) is 5.52. The summed E-state index contributed by atoms with van der Waals surface area (Å²) in [6, 6.07) is 69.5. The van der Waals surface area contributed by atoms with Crippen molar-refractivity contribution < 1.29 is 0 Å². The number of rotatable bonds is 3. The van der Waals surface area contributed by atoms with Crippen molar-refractivity contribution in [2.24, 2.45) is 0 Å². The molecule has 332 valence electrons. The summed E-state index contributed by atoms with van der Waals surface area (Å²) in [6.45, 7) is 19.0. The molecule has 4 heteroatoms. The minimum absolute atomic E-state index is 0.00306. The molecule has 0 unspecified atom stereocenters. The number of fused-ring (bicyclic) bond motifs is 14. The van der Waals surface area contributed by atoms with Gasteiger partial charge in [0.1, 0.15) is 0 Å². The van der Waals surface area contributed by atoms with Gasteiger partial charge >= 0.3 is 6.85 Å². The minimum atomic E-state index is -0.256. The van der Waals surface area contributed by atoms with E-state index >= 15 is 0 Å². The van der Waals surface area contributed by atoms with Crippen LogP contribution in [0.25, 0.3) is 88.4 Å². The number of para-hydroxylation sites is 2. The van der Waals surface area contributed by atoms with Gasteiger partial charge in [-0.05, 0) is 139 Å². The average Bonchev–Trinajstić information content (AvgIpc) is 3.94. The molecule has 9 aromatic carbocycles. The quantitative estimate of drug-likeness (QED) is 0.161. The third-order valence-corrected chi connectivity index (χ3v) is 16.1. The summed E-state index contributed by atoms with van der Waals surface area (Å²) >= 11 is 0. The van der Waals surface area contributed by atoms with Gasteiger partial charge in [-0.1, -0.05) is 171 Å². The van der Waals surface area contributed by atoms with Crippen molar-refractivity contribution >= 4 is 72.8 Å². The van der Waals surface area contributed by atoms with Crippen LogP contribution in [-0.2, 0) is 16.2 Å². The van der Waals surface area contributed by atoms with Crippen LogP contribution in [0.5, 0.6) is 0 Å². The Morgan fingerprint density at radius 3 is 1.83 bits per heavy atom. The van der Waals surface area contributed by atoms with Crippen molar-refractivity contribution in [1.82, 2.24) is 9.13 Å². The molecule has 0 bridgehead atoms. The lowest BCUT2D eigenvalue weighted by Crippen LogP contribution is -2.61. The highest BCUT2D eigenvalue weighted by Gasteiger charge is 2.49. The van der Waals surface area contributed by atoms with Crippen LogP contribution in [0, 0.1) is 0 Å². The largest absolute Gasteiger partial charge is 0.376 e. The van der Waals surface area contributed by atoms with Gasteiger partial charge in [0, 0.05) is 55.3 Å². The minimum Gasteiger partial charge on any atom is -0.376 e. The Hall–Kier alpha value is -7.56. The molecule has 0 saturated carbocycles. The van der Waals surface area contributed by atoms with E-state index in [0.717, 1.165) is 5.69 Å². The van der Waals surface area contributed by atoms with Gasteiger partial charge in [-0.3, -0.25) is 0 Å². The predicted octanol–water partition coefficient (Wildman–Crippen LogP) is 15.7. The van der Waals surface area contributed by atoms with Crippen molar-refractivity contribution in [3.63, 3.8) is 0 Å². The molecule has 0 fully saturated rings. The first-order valence-corrected chi connectivity index (χ1v) is 24.8. The molecule has 1 aliphatic carbocycles. The molecule has 4 heterocycles. The zero-order valence-electron chi connectivity index (χ0n) is 40.7. The standard InChI is InChI=1S/C65H54BN3/c1-63(2,3)41-29-32-55-47(33-41)50-34-42(64(4,5)6)35-53-62(50)68(55)58-37-49-45-23-15-17-25-52(45)65(7,8)60(49)59-51-36-48-46-24-16-18-26-54(46)67(43-21-13-10-14-22-43)56(48)38-57(51)69(66(53)61(58)59)44-30-27-40(28-31-44)39-19-11-9-12-20-39/h9-38H,1-8H3. The maximum Gasteiger partial charge on any atom is 0.333 e. The summed E-state index contributed by atoms with van der Waals surface area (Å²) in [7, 11) is 0. The highest BCUT2D eigenvalue weighted by molar-refractivity contribution is 6.93. The van der Waals surface area contributed by atoms with Crippen LogP contribution in [0.1, 0.15) is 77.6 Å². The number of benzene rings is 9. The summed E-state index contributed by atoms with van der Waals surface area (Å²) in [5.74, 6) is 0. The molecular formula is C65H54BN3. The van der Waals surface area contributed by atoms with Crippen LogP contribution in [0.2, 0.25) is 0 Å². The number of hydrogen-bond donors (Lipinski definition) is 0. The first-order chi connectivity index (χ1) is 33.3. The van der Waals surface area contributed by atoms with Gasteiger partial charge in [0.05, 0.1) is 22.1 Å². The molecule has 2 aromatic heterocycles. The molecule has 2 aliphatic heterocycles. The van der Waals surface area contributed by atoms with E-state index in [1.54, 1.807) is 0 Å². The van der Waals surface area contributed by atoms with Crippen LogP contribution in [0.3, 0.4) is 0 Å². The summed E-state index contributed by atoms with van der Waals surface area (Å²) in [5.41, 5.74) is 25.6. The van der Waals surface area contributed by atoms with Crippen LogP contribution < -0.4 is 15.7 Å². The second kappa shape index (κ2) is 13.8. The molecule has 0 atom stereocenters. The Balaban J connectivity index is 1.19. The maximum atomic E-state index is 2.73. The van der Waals surface area contributed by atoms with Crippen molar-refractivity contribution in [3.05, 3.63) is 204 Å². The molecule has 0 radical (unpaired) electrons. The van der Waals surface area contributed by atoms with Crippen LogP contribution in [-0.4, -0.2) is 16.0 Å². The molecular weight excluding hydrogens is 834 g/mol. The molecule has 3 nitrogen and oxygen atoms in total. The smallest absolute Gasteiger partial charge is 0.333 e. The normalized spacial score (nSPS) is 14.4. The summed E-state index contributed by atoms with van der Waals surface area (Å²) in [6.07, 6.45) is 0. The van der Waals surface area contributed by atoms with Gasteiger partial charge in [0.25, 0.3) is 0 Å². The molecule has 3 aliphatic rings. The van der Waals surface area contributed by atoms with E-state index in [4.69, 9.17) is 0 Å². The maximum absolute atomic E-state index is 2.73. The van der Waals surface area contributed by atoms with Gasteiger partial charge in [-0.25, -0.2) is 0 Å². The van der Waals surface area contributed by atoms with E-state index in [1.165, 1.54) is 127 Å². The number of hydrogen-bond acceptors (Lipinski definition) is 1. The molecule has 0 spiro atoms. The zero-order valence-corrected chi connectivity index (χ0v) is 40.7. The molecule has 11 aromatic rings. The lowest BCUT2D eigenvalue weighted by molar-refractivity contribution is 0.590. The fourth-order valence-electron chi connectivity index (χ4n) is 12.8. The first-order valence-electron chi connectivity index (χ1n) is 24.8. The van der Waals surface area contributed by atoms with E-state index < -0.39 is 0 Å². The summed E-state index contributed by atoms with van der Waals surface area (Å²) < 4.78 is 5.16. The molecule has 0 saturated heterocycles. The topological polar surface area (TPSA) is 13.1 Å². The van der Waals surface area contributed by atoms with Gasteiger partial charge in [0.2, 0.25) is 0 Å². The van der Waals surface area contributed by atoms with Gasteiger partial charge in [0.15, 0.2) is 0 Å². The second-order valence-corrected chi connectivity index (χ2v) is 22.6. The molecule has 0 amide bonds. The average molecular weight is 888 g/mol. The van der Waals surface area contributed by atoms with Crippen LogP contribution in [0.4, 0.5) is 11.4 Å². The molecule has 69 heavy (non-hydrogen) atoms. The Bertz CT molecular complexity index is 3990.